The monoisotopic (exact) mass is 516 g/mol. The molecule has 0 radical (unpaired) electrons. The Hall–Kier alpha value is -4.60. The fourth-order valence-corrected chi connectivity index (χ4v) is 8.81. The van der Waals surface area contributed by atoms with Crippen LogP contribution >= 0.6 is 0 Å². The molecule has 5 aromatic carbocycles. The lowest BCUT2D eigenvalue weighted by Gasteiger charge is -2.19. The van der Waals surface area contributed by atoms with Gasteiger partial charge in [0.25, 0.3) is 0 Å². The maximum Gasteiger partial charge on any atom is 0.159 e. The molecule has 0 bridgehead atoms. The number of nitrogens with zero attached hydrogens (tertiary/aromatic N) is 2. The van der Waals surface area contributed by atoms with E-state index in [4.69, 9.17) is 9.97 Å². The molecule has 0 unspecified atom stereocenters. The van der Waals surface area contributed by atoms with Crippen LogP contribution in [0.3, 0.4) is 0 Å². The van der Waals surface area contributed by atoms with Crippen molar-refractivity contribution in [3.63, 3.8) is 0 Å². The van der Waals surface area contributed by atoms with Crippen LogP contribution in [0.15, 0.2) is 133 Å². The third kappa shape index (κ3) is 3.94. The van der Waals surface area contributed by atoms with Gasteiger partial charge in [-0.15, -0.1) is 0 Å². The number of hydrogen-bond acceptors (Lipinski definition) is 2. The van der Waals surface area contributed by atoms with Gasteiger partial charge in [0.1, 0.15) is 8.07 Å². The van der Waals surface area contributed by atoms with Gasteiger partial charge in [0, 0.05) is 22.0 Å². The first kappa shape index (κ1) is 23.5. The van der Waals surface area contributed by atoms with E-state index in [9.17, 15) is 0 Å². The molecule has 1 aliphatic rings. The molecule has 39 heavy (non-hydrogen) atoms. The van der Waals surface area contributed by atoms with Crippen LogP contribution in [0.25, 0.3) is 56.0 Å². The predicted octanol–water partition coefficient (Wildman–Crippen LogP) is 7.95. The van der Waals surface area contributed by atoms with Crippen LogP contribution in [-0.4, -0.2) is 18.0 Å². The number of fused-ring (bicyclic) bond motifs is 3. The summed E-state index contributed by atoms with van der Waals surface area (Å²) in [4.78, 5) is 10.7. The molecule has 1 aliphatic heterocycles. The first-order valence-electron chi connectivity index (χ1n) is 13.4. The second-order valence-electron chi connectivity index (χ2n) is 10.6. The van der Waals surface area contributed by atoms with E-state index in [0.29, 0.717) is 0 Å². The summed E-state index contributed by atoms with van der Waals surface area (Å²) < 4.78 is 0. The highest BCUT2D eigenvalue weighted by Crippen LogP contribution is 2.40. The molecule has 7 rings (SSSR count). The van der Waals surface area contributed by atoms with Gasteiger partial charge in [-0.3, -0.25) is 0 Å². The van der Waals surface area contributed by atoms with Gasteiger partial charge in [0.05, 0.1) is 5.69 Å². The highest BCUT2D eigenvalue weighted by molar-refractivity contribution is 7.03. The minimum atomic E-state index is -2.04. The first-order valence-corrected chi connectivity index (χ1v) is 16.4. The van der Waals surface area contributed by atoms with Gasteiger partial charge in [-0.1, -0.05) is 140 Å². The Morgan fingerprint density at radius 1 is 0.462 bits per heavy atom. The molecular weight excluding hydrogens is 488 g/mol. The van der Waals surface area contributed by atoms with E-state index < -0.39 is 8.07 Å². The van der Waals surface area contributed by atoms with Gasteiger partial charge in [-0.25, -0.2) is 9.97 Å². The smallest absolute Gasteiger partial charge is 0.159 e. The average molecular weight is 517 g/mol. The van der Waals surface area contributed by atoms with E-state index in [1.165, 1.54) is 43.9 Å². The molecule has 1 aromatic heterocycles. The summed E-state index contributed by atoms with van der Waals surface area (Å²) in [5, 5.41) is 2.65. The zero-order valence-electron chi connectivity index (χ0n) is 22.1. The van der Waals surface area contributed by atoms with E-state index in [1.54, 1.807) is 0 Å². The molecule has 0 spiro atoms. The van der Waals surface area contributed by atoms with Crippen molar-refractivity contribution in [2.45, 2.75) is 13.1 Å². The molecule has 0 amide bonds. The molecule has 186 valence electrons. The molecule has 2 nitrogen and oxygen atoms in total. The molecule has 0 N–H and O–H groups in total. The number of hydrogen-bond donors (Lipinski definition) is 0. The molecule has 2 heterocycles. The Balaban J connectivity index is 1.51. The van der Waals surface area contributed by atoms with Gasteiger partial charge < -0.3 is 0 Å². The van der Waals surface area contributed by atoms with Crippen LogP contribution in [0.5, 0.6) is 0 Å². The zero-order valence-corrected chi connectivity index (χ0v) is 23.1. The van der Waals surface area contributed by atoms with Crippen LogP contribution in [0.1, 0.15) is 0 Å². The number of aromatic nitrogens is 2. The Morgan fingerprint density at radius 3 is 1.77 bits per heavy atom. The number of rotatable bonds is 4. The summed E-state index contributed by atoms with van der Waals surface area (Å²) in [6.07, 6.45) is 0. The van der Waals surface area contributed by atoms with Crippen molar-refractivity contribution in [2.75, 3.05) is 0 Å². The van der Waals surface area contributed by atoms with Gasteiger partial charge in [-0.05, 0) is 39.1 Å². The van der Waals surface area contributed by atoms with Crippen molar-refractivity contribution >= 4 is 18.6 Å². The summed E-state index contributed by atoms with van der Waals surface area (Å²) in [7, 11) is -2.04. The van der Waals surface area contributed by atoms with E-state index in [2.05, 4.69) is 147 Å². The average Bonchev–Trinajstić information content (AvgIpc) is 3.24. The van der Waals surface area contributed by atoms with Crippen molar-refractivity contribution in [1.29, 1.82) is 0 Å². The lowest BCUT2D eigenvalue weighted by Crippen LogP contribution is -2.50. The Morgan fingerprint density at radius 2 is 1.03 bits per heavy atom. The fourth-order valence-electron chi connectivity index (χ4n) is 5.89. The van der Waals surface area contributed by atoms with Crippen LogP contribution in [0.2, 0.25) is 13.1 Å². The Bertz CT molecular complexity index is 1830. The van der Waals surface area contributed by atoms with Crippen molar-refractivity contribution in [1.82, 2.24) is 9.97 Å². The summed E-state index contributed by atoms with van der Waals surface area (Å²) >= 11 is 0. The molecule has 0 saturated carbocycles. The van der Waals surface area contributed by atoms with Crippen LogP contribution < -0.4 is 10.5 Å². The lowest BCUT2D eigenvalue weighted by atomic mass is 9.93. The third-order valence-corrected chi connectivity index (χ3v) is 11.2. The Labute approximate surface area is 230 Å². The van der Waals surface area contributed by atoms with E-state index >= 15 is 0 Å². The molecular formula is C36H28N2Si. The SMILES string of the molecule is C[Si]1(C)c2ccccc2-c2c(-c3ccccc3-c3ccccc3)nc(-c3cccc(-c4ccccc4)c3)nc21. The van der Waals surface area contributed by atoms with Gasteiger partial charge in [0.15, 0.2) is 5.82 Å². The topological polar surface area (TPSA) is 25.8 Å². The normalized spacial score (nSPS) is 13.1. The highest BCUT2D eigenvalue weighted by atomic mass is 28.3. The van der Waals surface area contributed by atoms with Crippen LogP contribution in [0.4, 0.5) is 0 Å². The first-order chi connectivity index (χ1) is 19.1. The highest BCUT2D eigenvalue weighted by Gasteiger charge is 2.41. The second kappa shape index (κ2) is 9.30. The van der Waals surface area contributed by atoms with Crippen molar-refractivity contribution in [3.8, 4) is 56.0 Å². The minimum Gasteiger partial charge on any atom is -0.237 e. The summed E-state index contributed by atoms with van der Waals surface area (Å²) in [6.45, 7) is 4.84. The van der Waals surface area contributed by atoms with Crippen molar-refractivity contribution in [3.05, 3.63) is 133 Å². The third-order valence-electron chi connectivity index (χ3n) is 7.87. The predicted molar refractivity (Wildman–Crippen MR) is 166 cm³/mol. The van der Waals surface area contributed by atoms with E-state index in [-0.39, 0.29) is 0 Å². The quantitative estimate of drug-likeness (QED) is 0.222. The zero-order chi connectivity index (χ0) is 26.4. The maximum absolute atomic E-state index is 5.38. The van der Waals surface area contributed by atoms with E-state index in [1.807, 2.05) is 0 Å². The second-order valence-corrected chi connectivity index (χ2v) is 14.9. The summed E-state index contributed by atoms with van der Waals surface area (Å²) in [6, 6.07) is 47.3. The molecule has 0 aliphatic carbocycles. The molecule has 0 saturated heterocycles. The van der Waals surface area contributed by atoms with Gasteiger partial charge >= 0.3 is 0 Å². The molecule has 0 atom stereocenters. The minimum absolute atomic E-state index is 0.790. The summed E-state index contributed by atoms with van der Waals surface area (Å²) in [5.41, 5.74) is 10.4. The van der Waals surface area contributed by atoms with E-state index in [0.717, 1.165) is 22.6 Å². The fraction of sp³-hybridized carbons (Fsp3) is 0.0556. The van der Waals surface area contributed by atoms with Crippen molar-refractivity contribution in [2.24, 2.45) is 0 Å². The van der Waals surface area contributed by atoms with Crippen LogP contribution in [0, 0.1) is 0 Å². The largest absolute Gasteiger partial charge is 0.237 e. The maximum atomic E-state index is 5.38. The van der Waals surface area contributed by atoms with Crippen molar-refractivity contribution < 1.29 is 0 Å². The molecule has 6 aromatic rings. The summed E-state index contributed by atoms with van der Waals surface area (Å²) in [5.74, 6) is 0.790. The number of benzene rings is 5. The molecule has 3 heteroatoms. The Kier molecular flexibility index (Phi) is 5.61. The lowest BCUT2D eigenvalue weighted by molar-refractivity contribution is 1.21. The van der Waals surface area contributed by atoms with Gasteiger partial charge in [0.2, 0.25) is 0 Å². The van der Waals surface area contributed by atoms with Gasteiger partial charge in [-0.2, -0.15) is 0 Å². The van der Waals surface area contributed by atoms with Crippen LogP contribution in [-0.2, 0) is 0 Å². The molecule has 0 fully saturated rings. The standard InChI is InChI=1S/C36H28N2Si/c1-39(2)32-23-12-11-22-31(32)33-34(30-21-10-9-20-29(30)26-16-7-4-8-17-26)37-35(38-36(33)39)28-19-13-18-27(24-28)25-14-5-3-6-15-25/h3-24H,1-2H3.